The maximum absolute atomic E-state index is 11.9. The van der Waals surface area contributed by atoms with Crippen molar-refractivity contribution in [2.75, 3.05) is 19.9 Å². The van der Waals surface area contributed by atoms with Crippen LogP contribution in [0, 0.1) is 28.6 Å². The number of carbonyl (C=O) groups excluding carboxylic acids is 3. The molecule has 6 atom stereocenters. The molecule has 7 rings (SSSR count). The molecule has 2 heterocycles. The molecule has 1 aromatic carbocycles. The molecule has 2 aliphatic heterocycles. The highest BCUT2D eigenvalue weighted by Crippen LogP contribution is 2.65. The fourth-order valence-electron chi connectivity index (χ4n) is 9.49. The highest BCUT2D eigenvalue weighted by atomic mass is 16.7. The van der Waals surface area contributed by atoms with E-state index >= 15 is 0 Å². The fraction of sp³-hybridized carbons (Fsp3) is 0.615. The molecule has 1 aromatic rings. The molecule has 0 spiro atoms. The summed E-state index contributed by atoms with van der Waals surface area (Å²) in [5.74, 6) is 4.06. The number of allylic oxidation sites excluding steroid dienone is 3. The zero-order valence-corrected chi connectivity index (χ0v) is 27.9. The van der Waals surface area contributed by atoms with Crippen LogP contribution >= 0.6 is 0 Å². The van der Waals surface area contributed by atoms with Gasteiger partial charge in [-0.2, -0.15) is 0 Å². The Morgan fingerprint density at radius 1 is 0.957 bits per heavy atom. The molecule has 0 radical (unpaired) electrons. The Hall–Kier alpha value is -3.35. The van der Waals surface area contributed by atoms with E-state index in [1.165, 1.54) is 31.3 Å². The number of ketones is 1. The second kappa shape index (κ2) is 13.8. The summed E-state index contributed by atoms with van der Waals surface area (Å²) in [6, 6.07) is 5.79. The Balaban J connectivity index is 0.000000164. The summed E-state index contributed by atoms with van der Waals surface area (Å²) in [6.45, 7) is 8.74. The Labute approximate surface area is 274 Å². The summed E-state index contributed by atoms with van der Waals surface area (Å²) >= 11 is 0. The van der Waals surface area contributed by atoms with Crippen molar-refractivity contribution in [2.45, 2.75) is 104 Å². The molecule has 1 saturated heterocycles. The number of amides is 1. The Morgan fingerprint density at radius 3 is 2.57 bits per heavy atom. The van der Waals surface area contributed by atoms with E-state index in [2.05, 4.69) is 13.8 Å². The van der Waals surface area contributed by atoms with Gasteiger partial charge in [0.2, 0.25) is 12.7 Å². The van der Waals surface area contributed by atoms with Crippen molar-refractivity contribution in [1.82, 2.24) is 4.90 Å². The lowest BCUT2D eigenvalue weighted by atomic mass is 9.47. The maximum Gasteiger partial charge on any atom is 0.305 e. The van der Waals surface area contributed by atoms with Crippen molar-refractivity contribution in [2.24, 2.45) is 28.6 Å². The Morgan fingerprint density at radius 2 is 1.76 bits per heavy atom. The first-order valence-electron chi connectivity index (χ1n) is 17.7. The summed E-state index contributed by atoms with van der Waals surface area (Å²) in [5.41, 5.74) is 2.85. The quantitative estimate of drug-likeness (QED) is 0.188. The molecule has 6 aliphatic rings. The molecular weight excluding hydrogens is 578 g/mol. The molecule has 4 fully saturated rings. The third-order valence-corrected chi connectivity index (χ3v) is 12.1. The molecule has 46 heavy (non-hydrogen) atoms. The number of hydrogen-bond donors (Lipinski definition) is 0. The summed E-state index contributed by atoms with van der Waals surface area (Å²) in [4.78, 5) is 37.6. The molecule has 0 bridgehead atoms. The van der Waals surface area contributed by atoms with Gasteiger partial charge in [-0.25, -0.2) is 0 Å². The monoisotopic (exact) mass is 629 g/mol. The first-order chi connectivity index (χ1) is 22.2. The first-order valence-corrected chi connectivity index (χ1v) is 17.7. The summed E-state index contributed by atoms with van der Waals surface area (Å²) in [5, 5.41) is 0. The second-order valence-corrected chi connectivity index (χ2v) is 14.6. The van der Waals surface area contributed by atoms with Crippen LogP contribution in [0.1, 0.15) is 103 Å². The molecule has 7 heteroatoms. The average molecular weight is 630 g/mol. The molecular formula is C39H51NO6. The van der Waals surface area contributed by atoms with Crippen LogP contribution in [0.5, 0.6) is 11.5 Å². The zero-order chi connectivity index (χ0) is 32.3. The summed E-state index contributed by atoms with van der Waals surface area (Å²) < 4.78 is 16.5. The van der Waals surface area contributed by atoms with E-state index in [0.717, 1.165) is 81.0 Å². The molecule has 0 aromatic heterocycles. The third kappa shape index (κ3) is 6.57. The van der Waals surface area contributed by atoms with E-state index in [9.17, 15) is 14.4 Å². The number of ether oxygens (including phenoxy) is 3. The van der Waals surface area contributed by atoms with Crippen LogP contribution in [0.25, 0.3) is 6.08 Å². The standard InChI is InChI=1S/C22H32O3.C17H19NO3/c1-4-20(24)25-19-8-7-17-16-6-5-14-13-15(23)9-11-21(14,2)18(16)10-12-22(17,19)3;19-17(18-10-4-1-5-11-18)7-3-2-6-14-8-9-15-16(12-14)21-13-20-15/h13,16-19H,4-12H2,1-3H3;2-3,6-9,12H,1,4-5,10-11,13H2. The Kier molecular flexibility index (Phi) is 9.77. The summed E-state index contributed by atoms with van der Waals surface area (Å²) in [6.07, 6.45) is 22.0. The van der Waals surface area contributed by atoms with Crippen molar-refractivity contribution in [3.8, 4) is 11.5 Å². The van der Waals surface area contributed by atoms with Gasteiger partial charge in [0.25, 0.3) is 0 Å². The predicted molar refractivity (Wildman–Crippen MR) is 178 cm³/mol. The van der Waals surface area contributed by atoms with Gasteiger partial charge >= 0.3 is 5.97 Å². The molecule has 1 amide bonds. The second-order valence-electron chi connectivity index (χ2n) is 14.6. The van der Waals surface area contributed by atoms with Gasteiger partial charge in [-0.1, -0.05) is 50.6 Å². The smallest absolute Gasteiger partial charge is 0.305 e. The number of piperidine rings is 1. The molecule has 3 saturated carbocycles. The molecule has 7 nitrogen and oxygen atoms in total. The van der Waals surface area contributed by atoms with Crippen molar-refractivity contribution < 1.29 is 28.6 Å². The topological polar surface area (TPSA) is 82.1 Å². The van der Waals surface area contributed by atoms with Crippen molar-refractivity contribution in [3.05, 3.63) is 53.6 Å². The summed E-state index contributed by atoms with van der Waals surface area (Å²) in [7, 11) is 0. The molecule has 0 N–H and O–H groups in total. The normalized spacial score (nSPS) is 33.1. The number of carbonyl (C=O) groups is 3. The maximum atomic E-state index is 11.9. The van der Waals surface area contributed by atoms with E-state index < -0.39 is 0 Å². The molecule has 4 aliphatic carbocycles. The number of fused-ring (bicyclic) bond motifs is 6. The third-order valence-electron chi connectivity index (χ3n) is 12.1. The van der Waals surface area contributed by atoms with E-state index in [-0.39, 0.29) is 35.6 Å². The van der Waals surface area contributed by atoms with Gasteiger partial charge in [-0.3, -0.25) is 14.4 Å². The average Bonchev–Trinajstić information content (AvgIpc) is 3.67. The van der Waals surface area contributed by atoms with Crippen LogP contribution in [0.2, 0.25) is 0 Å². The predicted octanol–water partition coefficient (Wildman–Crippen LogP) is 7.84. The lowest BCUT2D eigenvalue weighted by Gasteiger charge is -2.57. The molecule has 248 valence electrons. The van der Waals surface area contributed by atoms with E-state index in [1.54, 1.807) is 12.2 Å². The highest BCUT2D eigenvalue weighted by Gasteiger charge is 2.59. The lowest BCUT2D eigenvalue weighted by Crippen LogP contribution is -2.51. The lowest BCUT2D eigenvalue weighted by molar-refractivity contribution is -0.159. The van der Waals surface area contributed by atoms with Crippen LogP contribution in [0.15, 0.2) is 48.1 Å². The number of hydrogen-bond acceptors (Lipinski definition) is 6. The minimum Gasteiger partial charge on any atom is -0.462 e. The van der Waals surface area contributed by atoms with Gasteiger partial charge in [0.15, 0.2) is 17.3 Å². The van der Waals surface area contributed by atoms with Gasteiger partial charge in [0.1, 0.15) is 6.10 Å². The number of likely N-dealkylation sites (tertiary alicyclic amines) is 1. The van der Waals surface area contributed by atoms with Crippen molar-refractivity contribution >= 4 is 23.7 Å². The van der Waals surface area contributed by atoms with Gasteiger partial charge in [-0.05, 0) is 111 Å². The highest BCUT2D eigenvalue weighted by molar-refractivity contribution is 5.91. The number of rotatable bonds is 5. The number of benzene rings is 1. The van der Waals surface area contributed by atoms with Crippen LogP contribution in [0.3, 0.4) is 0 Å². The SMILES string of the molecule is CCC(=O)OC1CCC2C3CCC4=CC(=O)CCC4(C)C3CCC12C.O=C(C=CC=Cc1ccc2c(c1)OCO2)N1CCCCC1. The van der Waals surface area contributed by atoms with E-state index in [0.29, 0.717) is 24.0 Å². The van der Waals surface area contributed by atoms with Crippen LogP contribution in [-0.2, 0) is 19.1 Å². The minimum atomic E-state index is -0.0411. The van der Waals surface area contributed by atoms with Crippen LogP contribution in [-0.4, -0.2) is 48.5 Å². The zero-order valence-electron chi connectivity index (χ0n) is 27.9. The number of nitrogens with zero attached hydrogens (tertiary/aromatic N) is 1. The van der Waals surface area contributed by atoms with E-state index in [4.69, 9.17) is 14.2 Å². The fourth-order valence-corrected chi connectivity index (χ4v) is 9.49. The van der Waals surface area contributed by atoms with Gasteiger partial charge in [0, 0.05) is 37.4 Å². The van der Waals surface area contributed by atoms with Gasteiger partial charge in [0.05, 0.1) is 0 Å². The largest absolute Gasteiger partial charge is 0.462 e. The van der Waals surface area contributed by atoms with Crippen LogP contribution in [0.4, 0.5) is 0 Å². The number of esters is 1. The minimum absolute atomic E-state index is 0.0411. The van der Waals surface area contributed by atoms with Crippen LogP contribution < -0.4 is 9.47 Å². The Bertz CT molecular complexity index is 1400. The van der Waals surface area contributed by atoms with Crippen molar-refractivity contribution in [1.29, 1.82) is 0 Å². The van der Waals surface area contributed by atoms with E-state index in [1.807, 2.05) is 48.3 Å². The molecule has 6 unspecified atom stereocenters. The van der Waals surface area contributed by atoms with Gasteiger partial charge < -0.3 is 19.1 Å². The first kappa shape index (κ1) is 32.6. The van der Waals surface area contributed by atoms with Crippen molar-refractivity contribution in [3.63, 3.8) is 0 Å². The van der Waals surface area contributed by atoms with Gasteiger partial charge in [-0.15, -0.1) is 0 Å².